The summed E-state index contributed by atoms with van der Waals surface area (Å²) in [4.78, 5) is 11.4. The molecule has 0 unspecified atom stereocenters. The molecule has 0 fully saturated rings. The SMILES string of the molecule is Nc1cc2oc(N)c(C(=O)I)c2cc1I. The largest absolute Gasteiger partial charge is 0.440 e. The van der Waals surface area contributed by atoms with Crippen LogP contribution in [0.3, 0.4) is 0 Å². The van der Waals surface area contributed by atoms with Gasteiger partial charge in [-0.3, -0.25) is 4.79 Å². The fourth-order valence-corrected chi connectivity index (χ4v) is 2.38. The summed E-state index contributed by atoms with van der Waals surface area (Å²) in [5.74, 6) is 0.144. The fourth-order valence-electron chi connectivity index (χ4n) is 1.35. The molecular formula is C9H6I2N2O2. The quantitative estimate of drug-likeness (QED) is 0.416. The molecule has 0 aliphatic rings. The number of carbonyl (C=O) groups excluding carboxylic acids is 1. The fraction of sp³-hybridized carbons (Fsp3) is 0. The summed E-state index contributed by atoms with van der Waals surface area (Å²) in [6.07, 6.45) is 0. The summed E-state index contributed by atoms with van der Waals surface area (Å²) >= 11 is 3.79. The smallest absolute Gasteiger partial charge is 0.228 e. The van der Waals surface area contributed by atoms with Gasteiger partial charge >= 0.3 is 0 Å². The van der Waals surface area contributed by atoms with E-state index in [2.05, 4.69) is 22.6 Å². The topological polar surface area (TPSA) is 82.2 Å². The third kappa shape index (κ3) is 1.80. The van der Waals surface area contributed by atoms with Crippen LogP contribution in [0.15, 0.2) is 16.5 Å². The summed E-state index contributed by atoms with van der Waals surface area (Å²) < 4.78 is 6.00. The van der Waals surface area contributed by atoms with E-state index in [1.807, 2.05) is 0 Å². The number of furan rings is 1. The van der Waals surface area contributed by atoms with E-state index in [-0.39, 0.29) is 9.67 Å². The zero-order valence-corrected chi connectivity index (χ0v) is 11.7. The van der Waals surface area contributed by atoms with Gasteiger partial charge in [0.05, 0.1) is 5.56 Å². The molecule has 0 atom stereocenters. The normalized spacial score (nSPS) is 10.8. The maximum atomic E-state index is 11.4. The van der Waals surface area contributed by atoms with Crippen LogP contribution in [0.2, 0.25) is 0 Å². The summed E-state index contributed by atoms with van der Waals surface area (Å²) in [7, 11) is 0. The Hall–Kier alpha value is -0.510. The van der Waals surface area contributed by atoms with Gasteiger partial charge in [0.2, 0.25) is 9.67 Å². The van der Waals surface area contributed by atoms with Gasteiger partial charge in [-0.05, 0) is 28.7 Å². The average molecular weight is 428 g/mol. The monoisotopic (exact) mass is 428 g/mol. The Kier molecular flexibility index (Phi) is 2.79. The number of anilines is 2. The van der Waals surface area contributed by atoms with Gasteiger partial charge in [-0.25, -0.2) is 0 Å². The highest BCUT2D eigenvalue weighted by Gasteiger charge is 2.17. The van der Waals surface area contributed by atoms with Crippen molar-refractivity contribution in [2.45, 2.75) is 0 Å². The summed E-state index contributed by atoms with van der Waals surface area (Å²) in [5.41, 5.74) is 12.9. The first-order valence-corrected chi connectivity index (χ1v) is 6.13. The highest BCUT2D eigenvalue weighted by atomic mass is 127. The van der Waals surface area contributed by atoms with Gasteiger partial charge in [0.15, 0.2) is 0 Å². The summed E-state index contributed by atoms with van der Waals surface area (Å²) in [5, 5.41) is 0.713. The Bertz CT molecular complexity index is 563. The molecule has 0 bridgehead atoms. The molecular weight excluding hydrogens is 422 g/mol. The van der Waals surface area contributed by atoms with E-state index in [1.165, 1.54) is 0 Å². The Balaban J connectivity index is 2.87. The maximum absolute atomic E-state index is 11.4. The lowest BCUT2D eigenvalue weighted by Crippen LogP contribution is -1.93. The third-order valence-corrected chi connectivity index (χ3v) is 3.50. The molecule has 6 heteroatoms. The van der Waals surface area contributed by atoms with Gasteiger partial charge in [0, 0.05) is 43.3 Å². The van der Waals surface area contributed by atoms with Gasteiger partial charge in [0.25, 0.3) is 0 Å². The number of fused-ring (bicyclic) bond motifs is 1. The first kappa shape index (κ1) is 11.0. The second kappa shape index (κ2) is 3.81. The number of nitrogens with two attached hydrogens (primary N) is 2. The molecule has 0 radical (unpaired) electrons. The van der Waals surface area contributed by atoms with Crippen molar-refractivity contribution in [3.05, 3.63) is 21.3 Å². The van der Waals surface area contributed by atoms with Crippen molar-refractivity contribution >= 4 is 71.5 Å². The zero-order chi connectivity index (χ0) is 11.2. The lowest BCUT2D eigenvalue weighted by atomic mass is 10.2. The molecule has 2 aromatic rings. The number of carbonyl (C=O) groups is 1. The van der Waals surface area contributed by atoms with Crippen LogP contribution in [0.4, 0.5) is 11.6 Å². The Morgan fingerprint density at radius 3 is 2.60 bits per heavy atom. The van der Waals surface area contributed by atoms with Crippen LogP contribution in [0.5, 0.6) is 0 Å². The van der Waals surface area contributed by atoms with Crippen molar-refractivity contribution < 1.29 is 9.21 Å². The van der Waals surface area contributed by atoms with E-state index >= 15 is 0 Å². The van der Waals surface area contributed by atoms with Crippen molar-refractivity contribution in [3.63, 3.8) is 0 Å². The molecule has 0 spiro atoms. The van der Waals surface area contributed by atoms with E-state index in [9.17, 15) is 4.79 Å². The molecule has 0 aliphatic heterocycles. The third-order valence-electron chi connectivity index (χ3n) is 2.03. The molecule has 0 saturated heterocycles. The number of nitrogen functional groups attached to an aromatic ring is 2. The second-order valence-corrected chi connectivity index (χ2v) is 5.13. The molecule has 1 aromatic heterocycles. The van der Waals surface area contributed by atoms with Crippen LogP contribution < -0.4 is 11.5 Å². The molecule has 15 heavy (non-hydrogen) atoms. The van der Waals surface area contributed by atoms with Crippen molar-refractivity contribution in [2.75, 3.05) is 11.5 Å². The lowest BCUT2D eigenvalue weighted by molar-refractivity contribution is 0.110. The van der Waals surface area contributed by atoms with E-state index in [4.69, 9.17) is 15.9 Å². The predicted octanol–water partition coefficient (Wildman–Crippen LogP) is 2.78. The van der Waals surface area contributed by atoms with E-state index < -0.39 is 0 Å². The second-order valence-electron chi connectivity index (χ2n) is 2.98. The Morgan fingerprint density at radius 1 is 1.33 bits per heavy atom. The van der Waals surface area contributed by atoms with Gasteiger partial charge in [0.1, 0.15) is 5.58 Å². The minimum absolute atomic E-state index is 0.135. The van der Waals surface area contributed by atoms with Crippen LogP contribution >= 0.6 is 45.2 Å². The average Bonchev–Trinajstić information content (AvgIpc) is 2.41. The van der Waals surface area contributed by atoms with Crippen LogP contribution in [-0.2, 0) is 0 Å². The van der Waals surface area contributed by atoms with Crippen LogP contribution in [0, 0.1) is 3.57 Å². The number of rotatable bonds is 1. The lowest BCUT2D eigenvalue weighted by Gasteiger charge is -1.97. The number of halogens is 2. The zero-order valence-electron chi connectivity index (χ0n) is 7.38. The molecule has 1 aromatic carbocycles. The highest BCUT2D eigenvalue weighted by molar-refractivity contribution is 14.1. The molecule has 4 nitrogen and oxygen atoms in total. The van der Waals surface area contributed by atoms with Gasteiger partial charge < -0.3 is 15.9 Å². The van der Waals surface area contributed by atoms with Crippen LogP contribution in [0.1, 0.15) is 10.4 Å². The van der Waals surface area contributed by atoms with Gasteiger partial charge in [-0.1, -0.05) is 0 Å². The van der Waals surface area contributed by atoms with E-state index in [0.717, 1.165) is 3.57 Å². The minimum atomic E-state index is -0.135. The molecule has 0 amide bonds. The van der Waals surface area contributed by atoms with Crippen molar-refractivity contribution in [1.29, 1.82) is 0 Å². The number of benzene rings is 1. The molecule has 4 N–H and O–H groups in total. The van der Waals surface area contributed by atoms with Crippen molar-refractivity contribution in [2.24, 2.45) is 0 Å². The van der Waals surface area contributed by atoms with Gasteiger partial charge in [-0.15, -0.1) is 0 Å². The van der Waals surface area contributed by atoms with Crippen LogP contribution in [-0.4, -0.2) is 3.79 Å². The predicted molar refractivity (Wildman–Crippen MR) is 76.1 cm³/mol. The van der Waals surface area contributed by atoms with Crippen LogP contribution in [0.25, 0.3) is 11.0 Å². The minimum Gasteiger partial charge on any atom is -0.440 e. The molecule has 78 valence electrons. The van der Waals surface area contributed by atoms with Crippen molar-refractivity contribution in [3.8, 4) is 0 Å². The molecule has 1 heterocycles. The summed E-state index contributed by atoms with van der Waals surface area (Å²) in [6, 6.07) is 3.48. The van der Waals surface area contributed by atoms with E-state index in [1.54, 1.807) is 34.7 Å². The first-order chi connectivity index (χ1) is 7.00. The number of hydrogen-bond donors (Lipinski definition) is 2. The first-order valence-electron chi connectivity index (χ1n) is 3.97. The standard InChI is InChI=1S/C9H6I2N2O2/c10-4-1-3-6(2-5(4)12)15-9(13)7(3)8(11)14/h1-2H,12-13H2. The summed E-state index contributed by atoms with van der Waals surface area (Å²) in [6.45, 7) is 0. The Labute approximate surface area is 113 Å². The number of hydrogen-bond acceptors (Lipinski definition) is 4. The highest BCUT2D eigenvalue weighted by Crippen LogP contribution is 2.33. The molecule has 0 saturated carbocycles. The van der Waals surface area contributed by atoms with Crippen molar-refractivity contribution in [1.82, 2.24) is 0 Å². The Morgan fingerprint density at radius 2 is 2.00 bits per heavy atom. The van der Waals surface area contributed by atoms with E-state index in [0.29, 0.717) is 22.2 Å². The van der Waals surface area contributed by atoms with Gasteiger partial charge in [-0.2, -0.15) is 0 Å². The molecule has 2 rings (SSSR count). The maximum Gasteiger partial charge on any atom is 0.228 e. The molecule has 0 aliphatic carbocycles.